The van der Waals surface area contributed by atoms with Crippen molar-refractivity contribution >= 4 is 11.0 Å². The van der Waals surface area contributed by atoms with Gasteiger partial charge in [0.15, 0.2) is 0 Å². The van der Waals surface area contributed by atoms with E-state index in [2.05, 4.69) is 0 Å². The lowest BCUT2D eigenvalue weighted by molar-refractivity contribution is 0.408. The van der Waals surface area contributed by atoms with Gasteiger partial charge in [0.2, 0.25) is 0 Å². The Bertz CT molecular complexity index is 443. The van der Waals surface area contributed by atoms with Crippen molar-refractivity contribution in [1.29, 1.82) is 0 Å². The van der Waals surface area contributed by atoms with E-state index < -0.39 is 0 Å². The van der Waals surface area contributed by atoms with Crippen LogP contribution in [0.2, 0.25) is 0 Å². The molecule has 0 bridgehead atoms. The second kappa shape index (κ2) is 2.69. The number of aromatic hydroxyl groups is 1. The first kappa shape index (κ1) is 7.98. The van der Waals surface area contributed by atoms with Gasteiger partial charge in [-0.05, 0) is 12.5 Å². The highest BCUT2D eigenvalue weighted by atomic mass is 16.5. The molecular formula is C10H10O3. The Hall–Kier alpha value is -1.64. The Labute approximate surface area is 75.5 Å². The molecule has 1 heterocycles. The number of hydrogen-bond donors (Lipinski definition) is 1. The van der Waals surface area contributed by atoms with Gasteiger partial charge in [-0.2, -0.15) is 0 Å². The van der Waals surface area contributed by atoms with Gasteiger partial charge in [0.1, 0.15) is 17.1 Å². The Morgan fingerprint density at radius 1 is 1.38 bits per heavy atom. The summed E-state index contributed by atoms with van der Waals surface area (Å²) in [4.78, 5) is 0. The van der Waals surface area contributed by atoms with Crippen molar-refractivity contribution in [3.63, 3.8) is 0 Å². The Morgan fingerprint density at radius 3 is 2.85 bits per heavy atom. The van der Waals surface area contributed by atoms with Crippen LogP contribution in [0.4, 0.5) is 0 Å². The maximum atomic E-state index is 9.61. The van der Waals surface area contributed by atoms with Crippen molar-refractivity contribution in [2.75, 3.05) is 7.11 Å². The quantitative estimate of drug-likeness (QED) is 0.729. The molecule has 0 atom stereocenters. The van der Waals surface area contributed by atoms with E-state index in [1.54, 1.807) is 25.5 Å². The number of methoxy groups -OCH3 is 1. The van der Waals surface area contributed by atoms with Gasteiger partial charge in [-0.1, -0.05) is 0 Å². The van der Waals surface area contributed by atoms with E-state index in [1.807, 2.05) is 6.92 Å². The summed E-state index contributed by atoms with van der Waals surface area (Å²) >= 11 is 0. The van der Waals surface area contributed by atoms with Crippen molar-refractivity contribution in [2.45, 2.75) is 6.92 Å². The van der Waals surface area contributed by atoms with Crippen molar-refractivity contribution in [1.82, 2.24) is 0 Å². The standard InChI is InChI=1S/C10H10O3/c1-6-5-13-9-4-7(12-2)3-8(11)10(6)9/h3-5,11H,1-2H3. The van der Waals surface area contributed by atoms with Crippen LogP contribution in [-0.2, 0) is 0 Å². The fourth-order valence-corrected chi connectivity index (χ4v) is 1.39. The van der Waals surface area contributed by atoms with Gasteiger partial charge in [0.25, 0.3) is 0 Å². The largest absolute Gasteiger partial charge is 0.507 e. The van der Waals surface area contributed by atoms with E-state index >= 15 is 0 Å². The number of benzene rings is 1. The van der Waals surface area contributed by atoms with Crippen LogP contribution in [-0.4, -0.2) is 12.2 Å². The number of aryl methyl sites for hydroxylation is 1. The van der Waals surface area contributed by atoms with Crippen LogP contribution >= 0.6 is 0 Å². The minimum Gasteiger partial charge on any atom is -0.507 e. The fourth-order valence-electron chi connectivity index (χ4n) is 1.39. The molecule has 0 fully saturated rings. The number of furan rings is 1. The molecule has 3 nitrogen and oxygen atoms in total. The lowest BCUT2D eigenvalue weighted by atomic mass is 10.1. The lowest BCUT2D eigenvalue weighted by Crippen LogP contribution is -1.81. The molecule has 0 saturated heterocycles. The molecule has 0 aliphatic rings. The summed E-state index contributed by atoms with van der Waals surface area (Å²) in [6.45, 7) is 1.89. The zero-order chi connectivity index (χ0) is 9.42. The summed E-state index contributed by atoms with van der Waals surface area (Å²) < 4.78 is 10.2. The SMILES string of the molecule is COc1cc(O)c2c(C)coc2c1. The zero-order valence-corrected chi connectivity index (χ0v) is 7.50. The normalized spacial score (nSPS) is 10.6. The second-order valence-electron chi connectivity index (χ2n) is 2.94. The number of rotatable bonds is 1. The predicted molar refractivity (Wildman–Crippen MR) is 49.2 cm³/mol. The zero-order valence-electron chi connectivity index (χ0n) is 7.50. The van der Waals surface area contributed by atoms with E-state index in [0.29, 0.717) is 11.3 Å². The molecule has 1 aromatic heterocycles. The molecule has 2 rings (SSSR count). The molecule has 68 valence electrons. The van der Waals surface area contributed by atoms with Crippen molar-refractivity contribution in [2.24, 2.45) is 0 Å². The highest BCUT2D eigenvalue weighted by Crippen LogP contribution is 2.33. The maximum Gasteiger partial charge on any atom is 0.141 e. The average Bonchev–Trinajstić information content (AvgIpc) is 2.48. The average molecular weight is 178 g/mol. The first-order chi connectivity index (χ1) is 6.22. The summed E-state index contributed by atoms with van der Waals surface area (Å²) in [5, 5.41) is 10.4. The van der Waals surface area contributed by atoms with E-state index in [4.69, 9.17) is 9.15 Å². The summed E-state index contributed by atoms with van der Waals surface area (Å²) in [6, 6.07) is 3.33. The molecule has 0 aliphatic carbocycles. The van der Waals surface area contributed by atoms with Crippen LogP contribution in [0.25, 0.3) is 11.0 Å². The number of fused-ring (bicyclic) bond motifs is 1. The van der Waals surface area contributed by atoms with Gasteiger partial charge in [-0.25, -0.2) is 0 Å². The number of phenols is 1. The van der Waals surface area contributed by atoms with Crippen molar-refractivity contribution in [3.8, 4) is 11.5 Å². The van der Waals surface area contributed by atoms with Gasteiger partial charge < -0.3 is 14.3 Å². The third-order valence-electron chi connectivity index (χ3n) is 2.05. The van der Waals surface area contributed by atoms with Gasteiger partial charge in [0, 0.05) is 12.1 Å². The molecule has 0 amide bonds. The molecular weight excluding hydrogens is 168 g/mol. The first-order valence-electron chi connectivity index (χ1n) is 3.97. The van der Waals surface area contributed by atoms with Crippen LogP contribution in [0.15, 0.2) is 22.8 Å². The van der Waals surface area contributed by atoms with Crippen LogP contribution < -0.4 is 4.74 Å². The summed E-state index contributed by atoms with van der Waals surface area (Å²) in [6.07, 6.45) is 1.61. The monoisotopic (exact) mass is 178 g/mol. The summed E-state index contributed by atoms with van der Waals surface area (Å²) in [7, 11) is 1.55. The Kier molecular flexibility index (Phi) is 1.65. The predicted octanol–water partition coefficient (Wildman–Crippen LogP) is 2.46. The molecule has 3 heteroatoms. The Morgan fingerprint density at radius 2 is 2.15 bits per heavy atom. The topological polar surface area (TPSA) is 42.6 Å². The van der Waals surface area contributed by atoms with Crippen LogP contribution in [0, 0.1) is 6.92 Å². The van der Waals surface area contributed by atoms with Gasteiger partial charge in [-0.3, -0.25) is 0 Å². The minimum atomic E-state index is 0.195. The van der Waals surface area contributed by atoms with Crippen molar-refractivity contribution < 1.29 is 14.3 Å². The molecule has 0 radical (unpaired) electrons. The molecule has 0 spiro atoms. The smallest absolute Gasteiger partial charge is 0.141 e. The van der Waals surface area contributed by atoms with Crippen LogP contribution in [0.5, 0.6) is 11.5 Å². The fraction of sp³-hybridized carbons (Fsp3) is 0.200. The lowest BCUT2D eigenvalue weighted by Gasteiger charge is -2.00. The third kappa shape index (κ3) is 1.13. The second-order valence-corrected chi connectivity index (χ2v) is 2.94. The Balaban J connectivity index is 2.79. The molecule has 0 aliphatic heterocycles. The highest BCUT2D eigenvalue weighted by molar-refractivity contribution is 5.88. The van der Waals surface area contributed by atoms with E-state index in [9.17, 15) is 5.11 Å². The van der Waals surface area contributed by atoms with E-state index in [1.165, 1.54) is 0 Å². The van der Waals surface area contributed by atoms with E-state index in [0.717, 1.165) is 10.9 Å². The van der Waals surface area contributed by atoms with Gasteiger partial charge >= 0.3 is 0 Å². The molecule has 1 aromatic carbocycles. The highest BCUT2D eigenvalue weighted by Gasteiger charge is 2.08. The summed E-state index contributed by atoms with van der Waals surface area (Å²) in [5.74, 6) is 0.792. The van der Waals surface area contributed by atoms with E-state index in [-0.39, 0.29) is 5.75 Å². The van der Waals surface area contributed by atoms with Crippen LogP contribution in [0.1, 0.15) is 5.56 Å². The van der Waals surface area contributed by atoms with Crippen molar-refractivity contribution in [3.05, 3.63) is 24.0 Å². The molecule has 2 aromatic rings. The van der Waals surface area contributed by atoms with Gasteiger partial charge in [-0.15, -0.1) is 0 Å². The van der Waals surface area contributed by atoms with Crippen LogP contribution in [0.3, 0.4) is 0 Å². The number of ether oxygens (including phenoxy) is 1. The first-order valence-corrected chi connectivity index (χ1v) is 3.97. The number of phenolic OH excluding ortho intramolecular Hbond substituents is 1. The van der Waals surface area contributed by atoms with Gasteiger partial charge in [0.05, 0.1) is 18.8 Å². The minimum absolute atomic E-state index is 0.195. The third-order valence-corrected chi connectivity index (χ3v) is 2.05. The summed E-state index contributed by atoms with van der Waals surface area (Å²) in [5.41, 5.74) is 1.57. The molecule has 0 saturated carbocycles. The maximum absolute atomic E-state index is 9.61. The molecule has 13 heavy (non-hydrogen) atoms. The molecule has 0 unspecified atom stereocenters. The number of hydrogen-bond acceptors (Lipinski definition) is 3. The molecule has 1 N–H and O–H groups in total.